The number of amides is 1. The van der Waals surface area contributed by atoms with Crippen LogP contribution in [0.4, 0.5) is 0 Å². The van der Waals surface area contributed by atoms with Crippen molar-refractivity contribution in [1.82, 2.24) is 15.2 Å². The number of ether oxygens (including phenoxy) is 1. The van der Waals surface area contributed by atoms with E-state index >= 15 is 0 Å². The van der Waals surface area contributed by atoms with Crippen molar-refractivity contribution >= 4 is 28.1 Å². The smallest absolute Gasteiger partial charge is 0.261 e. The largest absolute Gasteiger partial charge is 0.504 e. The molecule has 8 heteroatoms. The number of phenolic OH excluding ortho intramolecular Hbond substituents is 1. The average Bonchev–Trinajstić information content (AvgIpc) is 2.76. The van der Waals surface area contributed by atoms with Gasteiger partial charge in [0.15, 0.2) is 11.5 Å². The number of benzene rings is 1. The van der Waals surface area contributed by atoms with Crippen LogP contribution < -0.4 is 10.2 Å². The van der Waals surface area contributed by atoms with Gasteiger partial charge in [-0.1, -0.05) is 6.07 Å². The van der Waals surface area contributed by atoms with Crippen LogP contribution in [0.5, 0.6) is 11.5 Å². The average molecular weight is 381 g/mol. The fraction of sp³-hybridized carbons (Fsp3) is 0.267. The number of aromatic hydroxyl groups is 1. The zero-order valence-electron chi connectivity index (χ0n) is 13.0. The van der Waals surface area contributed by atoms with Gasteiger partial charge in [-0.15, -0.1) is 0 Å². The molecule has 2 aromatic rings. The highest BCUT2D eigenvalue weighted by Gasteiger charge is 2.11. The molecule has 0 saturated carbocycles. The summed E-state index contributed by atoms with van der Waals surface area (Å²) in [5, 5.41) is 18.0. The number of carbonyl (C=O) groups excluding carboxylic acids is 1. The molecule has 0 saturated heterocycles. The second kappa shape index (κ2) is 7.28. The molecule has 0 fully saturated rings. The van der Waals surface area contributed by atoms with Crippen LogP contribution in [0.15, 0.2) is 27.8 Å². The highest BCUT2D eigenvalue weighted by Crippen LogP contribution is 2.27. The molecule has 7 nitrogen and oxygen atoms in total. The summed E-state index contributed by atoms with van der Waals surface area (Å²) in [6, 6.07) is 5.01. The number of aryl methyl sites for hydroxylation is 1. The van der Waals surface area contributed by atoms with Crippen LogP contribution >= 0.6 is 15.9 Å². The van der Waals surface area contributed by atoms with Crippen LogP contribution in [-0.4, -0.2) is 34.1 Å². The monoisotopic (exact) mass is 380 g/mol. The summed E-state index contributed by atoms with van der Waals surface area (Å²) in [5.74, 6) is -0.00928. The van der Waals surface area contributed by atoms with Crippen molar-refractivity contribution in [3.8, 4) is 11.5 Å². The van der Waals surface area contributed by atoms with Gasteiger partial charge < -0.3 is 9.84 Å². The number of carbonyl (C=O) groups is 1. The van der Waals surface area contributed by atoms with Crippen LogP contribution in [0.2, 0.25) is 0 Å². The minimum absolute atomic E-state index is 0.0320. The maximum atomic E-state index is 11.9. The topological polar surface area (TPSA) is 88.7 Å². The Morgan fingerprint density at radius 2 is 2.26 bits per heavy atom. The molecular formula is C15H17BrN4O3. The van der Waals surface area contributed by atoms with E-state index in [-0.39, 0.29) is 18.2 Å². The summed E-state index contributed by atoms with van der Waals surface area (Å²) in [7, 11) is 1.46. The predicted octanol–water partition coefficient (Wildman–Crippen LogP) is 2.13. The van der Waals surface area contributed by atoms with Crippen molar-refractivity contribution in [2.24, 2.45) is 5.10 Å². The van der Waals surface area contributed by atoms with Gasteiger partial charge in [-0.2, -0.15) is 10.2 Å². The van der Waals surface area contributed by atoms with Crippen molar-refractivity contribution < 1.29 is 14.6 Å². The lowest BCUT2D eigenvalue weighted by molar-refractivity contribution is -0.121. The van der Waals surface area contributed by atoms with E-state index in [0.29, 0.717) is 11.3 Å². The molecule has 1 aromatic carbocycles. The van der Waals surface area contributed by atoms with E-state index in [0.717, 1.165) is 15.9 Å². The van der Waals surface area contributed by atoms with E-state index < -0.39 is 0 Å². The number of hydrogen-bond acceptors (Lipinski definition) is 5. The number of phenols is 1. The minimum Gasteiger partial charge on any atom is -0.504 e. The molecule has 23 heavy (non-hydrogen) atoms. The first-order valence-electron chi connectivity index (χ1n) is 6.81. The predicted molar refractivity (Wildman–Crippen MR) is 89.8 cm³/mol. The summed E-state index contributed by atoms with van der Waals surface area (Å²) < 4.78 is 7.48. The molecule has 0 aliphatic carbocycles. The Kier molecular flexibility index (Phi) is 5.38. The number of hydrogen-bond donors (Lipinski definition) is 2. The Morgan fingerprint density at radius 1 is 1.52 bits per heavy atom. The Labute approximate surface area is 142 Å². The van der Waals surface area contributed by atoms with Gasteiger partial charge >= 0.3 is 0 Å². The van der Waals surface area contributed by atoms with Crippen LogP contribution in [0.1, 0.15) is 17.0 Å². The molecule has 0 spiro atoms. The van der Waals surface area contributed by atoms with Gasteiger partial charge in [0.05, 0.1) is 29.2 Å². The van der Waals surface area contributed by atoms with Gasteiger partial charge in [0, 0.05) is 5.56 Å². The standard InChI is InChI=1S/C15H17BrN4O3/c1-9-14(16)10(2)20(19-9)8-13(21)18-17-7-11-5-4-6-12(23-3)15(11)22/h4-7,22H,8H2,1-3H3,(H,18,21)/b17-7+. The first-order chi connectivity index (χ1) is 10.9. The first kappa shape index (κ1) is 17.0. The normalized spacial score (nSPS) is 11.0. The summed E-state index contributed by atoms with van der Waals surface area (Å²) in [5.41, 5.74) is 4.53. The van der Waals surface area contributed by atoms with Crippen molar-refractivity contribution in [1.29, 1.82) is 0 Å². The number of methoxy groups -OCH3 is 1. The van der Waals surface area contributed by atoms with Crippen molar-refractivity contribution in [2.45, 2.75) is 20.4 Å². The molecule has 0 bridgehead atoms. The number of nitrogens with one attached hydrogen (secondary N) is 1. The van der Waals surface area contributed by atoms with Crippen LogP contribution in [0.25, 0.3) is 0 Å². The summed E-state index contributed by atoms with van der Waals surface area (Å²) in [6.45, 7) is 3.78. The lowest BCUT2D eigenvalue weighted by Gasteiger charge is -2.05. The summed E-state index contributed by atoms with van der Waals surface area (Å²) in [4.78, 5) is 11.9. The highest BCUT2D eigenvalue weighted by molar-refractivity contribution is 9.10. The van der Waals surface area contributed by atoms with Crippen LogP contribution in [0, 0.1) is 13.8 Å². The third kappa shape index (κ3) is 3.89. The Morgan fingerprint density at radius 3 is 2.87 bits per heavy atom. The third-order valence-corrected chi connectivity index (χ3v) is 4.38. The number of hydrazone groups is 1. The van der Waals surface area contributed by atoms with E-state index in [1.807, 2.05) is 13.8 Å². The van der Waals surface area contributed by atoms with Crippen LogP contribution in [0.3, 0.4) is 0 Å². The molecule has 1 aromatic heterocycles. The molecule has 122 valence electrons. The number of para-hydroxylation sites is 1. The number of halogens is 1. The van der Waals surface area contributed by atoms with Gasteiger partial charge in [-0.25, -0.2) is 5.43 Å². The molecule has 0 atom stereocenters. The van der Waals surface area contributed by atoms with Gasteiger partial charge in [0.2, 0.25) is 0 Å². The fourth-order valence-corrected chi connectivity index (χ4v) is 2.27. The highest BCUT2D eigenvalue weighted by atomic mass is 79.9. The zero-order valence-corrected chi connectivity index (χ0v) is 14.6. The molecule has 1 amide bonds. The molecule has 0 unspecified atom stereocenters. The summed E-state index contributed by atoms with van der Waals surface area (Å²) in [6.07, 6.45) is 1.35. The van der Waals surface area contributed by atoms with E-state index in [1.54, 1.807) is 22.9 Å². The minimum atomic E-state index is -0.318. The van der Waals surface area contributed by atoms with Crippen molar-refractivity contribution in [2.75, 3.05) is 7.11 Å². The summed E-state index contributed by atoms with van der Waals surface area (Å²) >= 11 is 3.41. The molecule has 2 N–H and O–H groups in total. The zero-order chi connectivity index (χ0) is 17.0. The quantitative estimate of drug-likeness (QED) is 0.614. The van der Waals surface area contributed by atoms with Crippen LogP contribution in [-0.2, 0) is 11.3 Å². The third-order valence-electron chi connectivity index (χ3n) is 3.23. The fourth-order valence-electron chi connectivity index (χ4n) is 1.98. The van der Waals surface area contributed by atoms with Gasteiger partial charge in [0.25, 0.3) is 5.91 Å². The SMILES string of the molecule is COc1cccc(/C=N/NC(=O)Cn2nc(C)c(Br)c2C)c1O. The molecule has 0 aliphatic rings. The lowest BCUT2D eigenvalue weighted by atomic mass is 10.2. The molecule has 0 aliphatic heterocycles. The number of nitrogens with zero attached hydrogens (tertiary/aromatic N) is 3. The van der Waals surface area contributed by atoms with Crippen molar-refractivity contribution in [3.63, 3.8) is 0 Å². The van der Waals surface area contributed by atoms with E-state index in [2.05, 4.69) is 31.6 Å². The Balaban J connectivity index is 2.00. The van der Waals surface area contributed by atoms with Gasteiger partial charge in [-0.05, 0) is 41.9 Å². The second-order valence-electron chi connectivity index (χ2n) is 4.83. The molecule has 0 radical (unpaired) electrons. The number of rotatable bonds is 5. The van der Waals surface area contributed by atoms with Gasteiger partial charge in [0.1, 0.15) is 6.54 Å². The second-order valence-corrected chi connectivity index (χ2v) is 5.63. The Hall–Kier alpha value is -2.35. The Bertz CT molecular complexity index is 755. The maximum absolute atomic E-state index is 11.9. The van der Waals surface area contributed by atoms with Crippen molar-refractivity contribution in [3.05, 3.63) is 39.6 Å². The first-order valence-corrected chi connectivity index (χ1v) is 7.60. The van der Waals surface area contributed by atoms with Gasteiger partial charge in [-0.3, -0.25) is 9.48 Å². The molecule has 2 rings (SSSR count). The van der Waals surface area contributed by atoms with E-state index in [4.69, 9.17) is 4.74 Å². The number of aromatic nitrogens is 2. The lowest BCUT2D eigenvalue weighted by Crippen LogP contribution is -2.24. The molecule has 1 heterocycles. The maximum Gasteiger partial charge on any atom is 0.261 e. The molecular weight excluding hydrogens is 364 g/mol. The van der Waals surface area contributed by atoms with E-state index in [9.17, 15) is 9.90 Å². The van der Waals surface area contributed by atoms with E-state index in [1.165, 1.54) is 13.3 Å².